The monoisotopic (exact) mass is 182 g/mol. The third-order valence-corrected chi connectivity index (χ3v) is 3.20. The SMILES string of the molecule is CC1Cc2cc3ccccc3cc2C1. The molecule has 0 radical (unpaired) electrons. The van der Waals surface area contributed by atoms with E-state index in [0.29, 0.717) is 0 Å². The standard InChI is InChI=1S/C14H14/c1-10-6-13-8-11-4-2-3-5-12(11)9-14(13)7-10/h2-5,8-10H,6-7H2,1H3. The largest absolute Gasteiger partial charge is 0.0619 e. The number of benzene rings is 2. The van der Waals surface area contributed by atoms with Crippen molar-refractivity contribution in [1.29, 1.82) is 0 Å². The molecule has 3 rings (SSSR count). The van der Waals surface area contributed by atoms with Crippen molar-refractivity contribution in [2.45, 2.75) is 19.8 Å². The Balaban J connectivity index is 2.27. The average molecular weight is 182 g/mol. The summed E-state index contributed by atoms with van der Waals surface area (Å²) in [6.07, 6.45) is 2.53. The molecule has 0 heteroatoms. The minimum atomic E-state index is 0.835. The highest BCUT2D eigenvalue weighted by molar-refractivity contribution is 5.84. The Morgan fingerprint density at radius 3 is 1.93 bits per heavy atom. The van der Waals surface area contributed by atoms with Crippen molar-refractivity contribution < 1.29 is 0 Å². The first-order valence-corrected chi connectivity index (χ1v) is 5.33. The van der Waals surface area contributed by atoms with Gasteiger partial charge in [-0.05, 0) is 40.7 Å². The van der Waals surface area contributed by atoms with Gasteiger partial charge in [0, 0.05) is 0 Å². The molecule has 0 N–H and O–H groups in total. The minimum absolute atomic E-state index is 0.835. The maximum atomic E-state index is 2.37. The van der Waals surface area contributed by atoms with Crippen LogP contribution in [0.15, 0.2) is 36.4 Å². The number of hydrogen-bond donors (Lipinski definition) is 0. The van der Waals surface area contributed by atoms with Gasteiger partial charge in [0.2, 0.25) is 0 Å². The second-order valence-electron chi connectivity index (χ2n) is 4.48. The lowest BCUT2D eigenvalue weighted by atomic mass is 10.0. The van der Waals surface area contributed by atoms with E-state index in [0.717, 1.165) is 5.92 Å². The molecule has 0 saturated carbocycles. The van der Waals surface area contributed by atoms with Gasteiger partial charge >= 0.3 is 0 Å². The molecule has 0 heterocycles. The number of rotatable bonds is 0. The topological polar surface area (TPSA) is 0 Å². The van der Waals surface area contributed by atoms with E-state index in [1.54, 1.807) is 11.1 Å². The van der Waals surface area contributed by atoms with E-state index in [1.165, 1.54) is 23.6 Å². The molecule has 0 fully saturated rings. The highest BCUT2D eigenvalue weighted by atomic mass is 14.2. The van der Waals surface area contributed by atoms with Crippen LogP contribution < -0.4 is 0 Å². The van der Waals surface area contributed by atoms with Crippen molar-refractivity contribution in [3.63, 3.8) is 0 Å². The molecule has 70 valence electrons. The van der Waals surface area contributed by atoms with Gasteiger partial charge in [-0.1, -0.05) is 43.3 Å². The van der Waals surface area contributed by atoms with Crippen LogP contribution in [-0.2, 0) is 12.8 Å². The fraction of sp³-hybridized carbons (Fsp3) is 0.286. The van der Waals surface area contributed by atoms with Crippen LogP contribution in [0.3, 0.4) is 0 Å². The molecule has 0 unspecified atom stereocenters. The number of hydrogen-bond acceptors (Lipinski definition) is 0. The van der Waals surface area contributed by atoms with Gasteiger partial charge in [0.25, 0.3) is 0 Å². The maximum Gasteiger partial charge on any atom is -0.0181 e. The van der Waals surface area contributed by atoms with E-state index >= 15 is 0 Å². The quantitative estimate of drug-likeness (QED) is 0.584. The second kappa shape index (κ2) is 2.84. The zero-order chi connectivity index (χ0) is 9.54. The molecule has 0 bridgehead atoms. The molecular formula is C14H14. The molecular weight excluding hydrogens is 168 g/mol. The maximum absolute atomic E-state index is 2.37. The fourth-order valence-electron chi connectivity index (χ4n) is 2.54. The summed E-state index contributed by atoms with van der Waals surface area (Å²) in [7, 11) is 0. The molecule has 1 aliphatic rings. The summed E-state index contributed by atoms with van der Waals surface area (Å²) in [4.78, 5) is 0. The first kappa shape index (κ1) is 8.05. The lowest BCUT2D eigenvalue weighted by molar-refractivity contribution is 0.628. The summed E-state index contributed by atoms with van der Waals surface area (Å²) in [5.41, 5.74) is 3.13. The fourth-order valence-corrected chi connectivity index (χ4v) is 2.54. The Hall–Kier alpha value is -1.30. The van der Waals surface area contributed by atoms with E-state index in [1.807, 2.05) is 0 Å². The lowest BCUT2D eigenvalue weighted by Gasteiger charge is -2.02. The highest BCUT2D eigenvalue weighted by Crippen LogP contribution is 2.30. The van der Waals surface area contributed by atoms with Gasteiger partial charge in [-0.3, -0.25) is 0 Å². The van der Waals surface area contributed by atoms with Crippen LogP contribution in [0.25, 0.3) is 10.8 Å². The average Bonchev–Trinajstić information content (AvgIpc) is 2.53. The van der Waals surface area contributed by atoms with Crippen LogP contribution in [0.2, 0.25) is 0 Å². The van der Waals surface area contributed by atoms with Crippen LogP contribution in [0.4, 0.5) is 0 Å². The molecule has 0 aliphatic heterocycles. The van der Waals surface area contributed by atoms with Gasteiger partial charge in [0.15, 0.2) is 0 Å². The summed E-state index contributed by atoms with van der Waals surface area (Å²) in [5.74, 6) is 0.835. The van der Waals surface area contributed by atoms with Gasteiger partial charge < -0.3 is 0 Å². The smallest absolute Gasteiger partial charge is 0.0181 e. The van der Waals surface area contributed by atoms with E-state index in [-0.39, 0.29) is 0 Å². The molecule has 0 amide bonds. The summed E-state index contributed by atoms with van der Waals surface area (Å²) in [6, 6.07) is 13.4. The van der Waals surface area contributed by atoms with E-state index in [9.17, 15) is 0 Å². The molecule has 2 aromatic rings. The van der Waals surface area contributed by atoms with E-state index in [4.69, 9.17) is 0 Å². The normalized spacial score (nSPS) is 16.1. The Morgan fingerprint density at radius 2 is 1.43 bits per heavy atom. The minimum Gasteiger partial charge on any atom is -0.0619 e. The van der Waals surface area contributed by atoms with Crippen molar-refractivity contribution in [2.24, 2.45) is 5.92 Å². The Labute approximate surface area is 84.6 Å². The van der Waals surface area contributed by atoms with E-state index in [2.05, 4.69) is 43.3 Å². The lowest BCUT2D eigenvalue weighted by Crippen LogP contribution is -1.89. The molecule has 1 aliphatic carbocycles. The van der Waals surface area contributed by atoms with Crippen LogP contribution in [0.1, 0.15) is 18.1 Å². The van der Waals surface area contributed by atoms with Gasteiger partial charge in [-0.2, -0.15) is 0 Å². The van der Waals surface area contributed by atoms with Crippen LogP contribution in [0, 0.1) is 5.92 Å². The van der Waals surface area contributed by atoms with Crippen molar-refractivity contribution in [2.75, 3.05) is 0 Å². The second-order valence-corrected chi connectivity index (χ2v) is 4.48. The zero-order valence-electron chi connectivity index (χ0n) is 8.46. The molecule has 2 aromatic carbocycles. The van der Waals surface area contributed by atoms with Gasteiger partial charge in [0.1, 0.15) is 0 Å². The van der Waals surface area contributed by atoms with Crippen LogP contribution >= 0.6 is 0 Å². The van der Waals surface area contributed by atoms with Crippen molar-refractivity contribution in [3.8, 4) is 0 Å². The highest BCUT2D eigenvalue weighted by Gasteiger charge is 2.17. The first-order valence-electron chi connectivity index (χ1n) is 5.33. The van der Waals surface area contributed by atoms with Gasteiger partial charge in [0.05, 0.1) is 0 Å². The van der Waals surface area contributed by atoms with Crippen molar-refractivity contribution >= 4 is 10.8 Å². The third-order valence-electron chi connectivity index (χ3n) is 3.20. The van der Waals surface area contributed by atoms with Crippen LogP contribution in [0.5, 0.6) is 0 Å². The Kier molecular flexibility index (Phi) is 1.63. The molecule has 14 heavy (non-hydrogen) atoms. The summed E-state index contributed by atoms with van der Waals surface area (Å²) in [5, 5.41) is 2.78. The predicted octanol–water partition coefficient (Wildman–Crippen LogP) is 3.57. The molecule has 0 atom stereocenters. The summed E-state index contributed by atoms with van der Waals surface area (Å²) >= 11 is 0. The van der Waals surface area contributed by atoms with Crippen molar-refractivity contribution in [1.82, 2.24) is 0 Å². The number of fused-ring (bicyclic) bond motifs is 2. The zero-order valence-corrected chi connectivity index (χ0v) is 8.46. The van der Waals surface area contributed by atoms with E-state index < -0.39 is 0 Å². The third kappa shape index (κ3) is 1.14. The molecule has 0 aromatic heterocycles. The van der Waals surface area contributed by atoms with Crippen molar-refractivity contribution in [3.05, 3.63) is 47.5 Å². The Morgan fingerprint density at radius 1 is 0.929 bits per heavy atom. The van der Waals surface area contributed by atoms with Crippen LogP contribution in [-0.4, -0.2) is 0 Å². The predicted molar refractivity (Wildman–Crippen MR) is 60.5 cm³/mol. The summed E-state index contributed by atoms with van der Waals surface area (Å²) < 4.78 is 0. The van der Waals surface area contributed by atoms with Gasteiger partial charge in [-0.25, -0.2) is 0 Å². The van der Waals surface area contributed by atoms with Gasteiger partial charge in [-0.15, -0.1) is 0 Å². The molecule has 0 spiro atoms. The molecule has 0 nitrogen and oxygen atoms in total. The Bertz CT molecular complexity index is 438. The summed E-state index contributed by atoms with van der Waals surface area (Å²) in [6.45, 7) is 2.34. The molecule has 0 saturated heterocycles. The first-order chi connectivity index (χ1) is 6.83.